The summed E-state index contributed by atoms with van der Waals surface area (Å²) in [5.41, 5.74) is 0.804. The lowest BCUT2D eigenvalue weighted by Gasteiger charge is -2.16. The van der Waals surface area contributed by atoms with Crippen LogP contribution in [-0.2, 0) is 0 Å². The number of urea groups is 1. The van der Waals surface area contributed by atoms with E-state index in [-0.39, 0.29) is 5.69 Å². The second-order valence-electron chi connectivity index (χ2n) is 4.27. The molecule has 0 atom stereocenters. The topological polar surface area (TPSA) is 45.5 Å². The highest BCUT2D eigenvalue weighted by atomic mass is 19.1. The molecule has 1 aromatic heterocycles. The van der Waals surface area contributed by atoms with Crippen molar-refractivity contribution in [2.24, 2.45) is 0 Å². The van der Waals surface area contributed by atoms with Gasteiger partial charge in [0.05, 0.1) is 12.0 Å². The molecule has 2 rings (SSSR count). The van der Waals surface area contributed by atoms with Crippen molar-refractivity contribution in [1.29, 1.82) is 0 Å². The molecule has 1 heterocycles. The Bertz CT molecular complexity index is 608. The third-order valence-corrected chi connectivity index (χ3v) is 2.76. The molecule has 0 spiro atoms. The lowest BCUT2D eigenvalue weighted by molar-refractivity contribution is 0.226. The zero-order valence-corrected chi connectivity index (χ0v) is 11.1. The number of carbonyl (C=O) groups excluding carboxylic acids is 1. The van der Waals surface area contributed by atoms with Crippen LogP contribution in [0.15, 0.2) is 53.7 Å². The van der Waals surface area contributed by atoms with E-state index in [1.165, 1.54) is 23.3 Å². The van der Waals surface area contributed by atoms with Crippen LogP contribution in [0.1, 0.15) is 0 Å². The minimum atomic E-state index is -0.499. The van der Waals surface area contributed by atoms with E-state index < -0.39 is 11.8 Å². The van der Waals surface area contributed by atoms with Crippen LogP contribution in [-0.4, -0.2) is 24.5 Å². The lowest BCUT2D eigenvalue weighted by Crippen LogP contribution is -2.31. The molecular formula is C15H15FN2O2. The van der Waals surface area contributed by atoms with E-state index in [1.807, 2.05) is 0 Å². The molecule has 20 heavy (non-hydrogen) atoms. The highest BCUT2D eigenvalue weighted by Gasteiger charge is 2.12. The van der Waals surface area contributed by atoms with Gasteiger partial charge >= 0.3 is 6.03 Å². The van der Waals surface area contributed by atoms with E-state index in [2.05, 4.69) is 11.9 Å². The zero-order chi connectivity index (χ0) is 14.5. The van der Waals surface area contributed by atoms with Crippen LogP contribution in [0, 0.1) is 5.82 Å². The van der Waals surface area contributed by atoms with Gasteiger partial charge in [-0.1, -0.05) is 6.08 Å². The maximum Gasteiger partial charge on any atom is 0.321 e. The lowest BCUT2D eigenvalue weighted by atomic mass is 10.1. The molecule has 104 valence electrons. The third kappa shape index (κ3) is 3.06. The summed E-state index contributed by atoms with van der Waals surface area (Å²) >= 11 is 0. The van der Waals surface area contributed by atoms with Gasteiger partial charge in [0.15, 0.2) is 0 Å². The van der Waals surface area contributed by atoms with Gasteiger partial charge in [-0.15, -0.1) is 6.58 Å². The van der Waals surface area contributed by atoms with Crippen LogP contribution in [0.25, 0.3) is 11.3 Å². The minimum absolute atomic E-state index is 0.111. The summed E-state index contributed by atoms with van der Waals surface area (Å²) in [6, 6.07) is 7.53. The van der Waals surface area contributed by atoms with E-state index in [4.69, 9.17) is 4.42 Å². The summed E-state index contributed by atoms with van der Waals surface area (Å²) < 4.78 is 19.0. The number of nitrogens with zero attached hydrogens (tertiary/aromatic N) is 1. The molecule has 0 bridgehead atoms. The van der Waals surface area contributed by atoms with E-state index in [1.54, 1.807) is 31.3 Å². The summed E-state index contributed by atoms with van der Waals surface area (Å²) in [6.07, 6.45) is 3.13. The van der Waals surface area contributed by atoms with Crippen molar-refractivity contribution >= 4 is 11.7 Å². The SMILES string of the molecule is C=CCN(C)C(=O)Nc1cc(-c2ccco2)ccc1F. The molecule has 5 heteroatoms. The molecule has 0 aliphatic heterocycles. The Labute approximate surface area is 116 Å². The number of amides is 2. The number of furan rings is 1. The predicted octanol–water partition coefficient (Wildman–Crippen LogP) is 3.74. The molecule has 1 aromatic carbocycles. The van der Waals surface area contributed by atoms with Gasteiger partial charge in [0, 0.05) is 19.2 Å². The van der Waals surface area contributed by atoms with Gasteiger partial charge in [0.25, 0.3) is 0 Å². The van der Waals surface area contributed by atoms with Crippen molar-refractivity contribution in [1.82, 2.24) is 4.90 Å². The number of nitrogens with one attached hydrogen (secondary N) is 1. The first kappa shape index (κ1) is 13.9. The van der Waals surface area contributed by atoms with Crippen molar-refractivity contribution in [2.45, 2.75) is 0 Å². The Morgan fingerprint density at radius 1 is 1.50 bits per heavy atom. The number of hydrogen-bond acceptors (Lipinski definition) is 2. The van der Waals surface area contributed by atoms with Crippen molar-refractivity contribution in [3.8, 4) is 11.3 Å². The van der Waals surface area contributed by atoms with Crippen LogP contribution in [0.3, 0.4) is 0 Å². The fraction of sp³-hybridized carbons (Fsp3) is 0.133. The monoisotopic (exact) mass is 274 g/mol. The zero-order valence-electron chi connectivity index (χ0n) is 11.1. The molecule has 0 radical (unpaired) electrons. The molecule has 2 aromatic rings. The van der Waals surface area contributed by atoms with Crippen LogP contribution in [0.5, 0.6) is 0 Å². The fourth-order valence-electron chi connectivity index (χ4n) is 1.70. The smallest absolute Gasteiger partial charge is 0.321 e. The fourth-order valence-corrected chi connectivity index (χ4v) is 1.70. The number of anilines is 1. The number of halogens is 1. The number of rotatable bonds is 4. The Balaban J connectivity index is 2.21. The second-order valence-corrected chi connectivity index (χ2v) is 4.27. The molecule has 0 saturated heterocycles. The van der Waals surface area contributed by atoms with Crippen LogP contribution >= 0.6 is 0 Å². The molecule has 0 aliphatic rings. The molecule has 2 amide bonds. The molecule has 0 fully saturated rings. The van der Waals surface area contributed by atoms with Crippen molar-refractivity contribution < 1.29 is 13.6 Å². The van der Waals surface area contributed by atoms with Crippen molar-refractivity contribution in [3.05, 3.63) is 55.1 Å². The van der Waals surface area contributed by atoms with Gasteiger partial charge in [-0.2, -0.15) is 0 Å². The first-order valence-corrected chi connectivity index (χ1v) is 6.08. The average Bonchev–Trinajstić information content (AvgIpc) is 2.95. The molecule has 4 nitrogen and oxygen atoms in total. The van der Waals surface area contributed by atoms with Crippen LogP contribution in [0.2, 0.25) is 0 Å². The quantitative estimate of drug-likeness (QED) is 0.863. The van der Waals surface area contributed by atoms with E-state index >= 15 is 0 Å². The van der Waals surface area contributed by atoms with Gasteiger partial charge in [-0.05, 0) is 30.3 Å². The van der Waals surface area contributed by atoms with Gasteiger partial charge in [-0.3, -0.25) is 0 Å². The standard InChI is InChI=1S/C15H15FN2O2/c1-3-8-18(2)15(19)17-13-10-11(6-7-12(13)16)14-5-4-9-20-14/h3-7,9-10H,1,8H2,2H3,(H,17,19). The third-order valence-electron chi connectivity index (χ3n) is 2.76. The van der Waals surface area contributed by atoms with Gasteiger partial charge < -0.3 is 14.6 Å². The highest BCUT2D eigenvalue weighted by molar-refractivity contribution is 5.90. The van der Waals surface area contributed by atoms with Crippen molar-refractivity contribution in [3.63, 3.8) is 0 Å². The number of hydrogen-bond donors (Lipinski definition) is 1. The maximum absolute atomic E-state index is 13.7. The summed E-state index contributed by atoms with van der Waals surface area (Å²) in [6.45, 7) is 3.93. The summed E-state index contributed by atoms with van der Waals surface area (Å²) in [5.74, 6) is 0.112. The van der Waals surface area contributed by atoms with Crippen molar-refractivity contribution in [2.75, 3.05) is 18.9 Å². The first-order chi connectivity index (χ1) is 9.61. The number of carbonyl (C=O) groups is 1. The normalized spacial score (nSPS) is 10.1. The van der Waals surface area contributed by atoms with Gasteiger partial charge in [0.2, 0.25) is 0 Å². The van der Waals surface area contributed by atoms with Crippen LogP contribution in [0.4, 0.5) is 14.9 Å². The predicted molar refractivity (Wildman–Crippen MR) is 75.9 cm³/mol. The molecular weight excluding hydrogens is 259 g/mol. The van der Waals surface area contributed by atoms with Gasteiger partial charge in [-0.25, -0.2) is 9.18 Å². The Morgan fingerprint density at radius 2 is 2.30 bits per heavy atom. The Morgan fingerprint density at radius 3 is 2.95 bits per heavy atom. The first-order valence-electron chi connectivity index (χ1n) is 6.08. The largest absolute Gasteiger partial charge is 0.464 e. The Hall–Kier alpha value is -2.56. The molecule has 0 aliphatic carbocycles. The number of likely N-dealkylation sites (N-methyl/N-ethyl adjacent to an activating group) is 1. The molecule has 0 unspecified atom stereocenters. The Kier molecular flexibility index (Phi) is 4.20. The van der Waals surface area contributed by atoms with Gasteiger partial charge in [0.1, 0.15) is 11.6 Å². The average molecular weight is 274 g/mol. The number of benzene rings is 1. The summed E-state index contributed by atoms with van der Waals surface area (Å²) in [4.78, 5) is 13.2. The molecule has 0 saturated carbocycles. The second kappa shape index (κ2) is 6.06. The summed E-state index contributed by atoms with van der Waals surface area (Å²) in [7, 11) is 1.60. The summed E-state index contributed by atoms with van der Waals surface area (Å²) in [5, 5.41) is 2.52. The highest BCUT2D eigenvalue weighted by Crippen LogP contribution is 2.25. The minimum Gasteiger partial charge on any atom is -0.464 e. The maximum atomic E-state index is 13.7. The van der Waals surface area contributed by atoms with E-state index in [0.29, 0.717) is 17.9 Å². The van der Waals surface area contributed by atoms with Crippen LogP contribution < -0.4 is 5.32 Å². The van der Waals surface area contributed by atoms with E-state index in [9.17, 15) is 9.18 Å². The van der Waals surface area contributed by atoms with E-state index in [0.717, 1.165) is 0 Å². The molecule has 1 N–H and O–H groups in total.